The van der Waals surface area contributed by atoms with E-state index in [1.807, 2.05) is 0 Å². The van der Waals surface area contributed by atoms with Crippen LogP contribution in [-0.4, -0.2) is 9.97 Å². The van der Waals surface area contributed by atoms with E-state index in [0.717, 1.165) is 3.57 Å². The Hall–Kier alpha value is -0.590. The summed E-state index contributed by atoms with van der Waals surface area (Å²) in [5, 5.41) is 0.821. The highest BCUT2D eigenvalue weighted by molar-refractivity contribution is 14.1. The maximum absolute atomic E-state index is 5.99. The van der Waals surface area contributed by atoms with E-state index in [2.05, 4.69) is 32.6 Å². The van der Waals surface area contributed by atoms with Gasteiger partial charge in [0.2, 0.25) is 5.88 Å². The fourth-order valence-corrected chi connectivity index (χ4v) is 1.78. The number of aromatic nitrogens is 2. The first kappa shape index (κ1) is 11.9. The van der Waals surface area contributed by atoms with Crippen molar-refractivity contribution in [3.63, 3.8) is 0 Å². The lowest BCUT2D eigenvalue weighted by atomic mass is 10.3. The van der Waals surface area contributed by atoms with Gasteiger partial charge in [0.15, 0.2) is 0 Å². The van der Waals surface area contributed by atoms with E-state index in [4.69, 9.17) is 27.9 Å². The van der Waals surface area contributed by atoms with E-state index in [0.29, 0.717) is 21.7 Å². The Labute approximate surface area is 116 Å². The second-order valence-corrected chi connectivity index (χ2v) is 4.78. The van der Waals surface area contributed by atoms with E-state index in [1.165, 1.54) is 6.33 Å². The largest absolute Gasteiger partial charge is 0.436 e. The molecule has 0 amide bonds. The molecular weight excluding hydrogens is 362 g/mol. The van der Waals surface area contributed by atoms with E-state index >= 15 is 0 Å². The van der Waals surface area contributed by atoms with Crippen LogP contribution in [0.4, 0.5) is 0 Å². The van der Waals surface area contributed by atoms with Gasteiger partial charge >= 0.3 is 0 Å². The summed E-state index contributed by atoms with van der Waals surface area (Å²) in [6.45, 7) is 0. The van der Waals surface area contributed by atoms with E-state index < -0.39 is 0 Å². The van der Waals surface area contributed by atoms with Gasteiger partial charge in [0, 0.05) is 6.20 Å². The van der Waals surface area contributed by atoms with Gasteiger partial charge in [-0.25, -0.2) is 9.97 Å². The van der Waals surface area contributed by atoms with Gasteiger partial charge in [-0.3, -0.25) is 0 Å². The highest BCUT2D eigenvalue weighted by atomic mass is 127. The predicted octanol–water partition coefficient (Wildman–Crippen LogP) is 4.18. The molecule has 0 fully saturated rings. The lowest BCUT2D eigenvalue weighted by Gasteiger charge is -2.07. The van der Waals surface area contributed by atoms with Crippen molar-refractivity contribution in [3.8, 4) is 11.6 Å². The third kappa shape index (κ3) is 2.56. The van der Waals surface area contributed by atoms with Crippen LogP contribution < -0.4 is 4.74 Å². The minimum Gasteiger partial charge on any atom is -0.436 e. The molecule has 16 heavy (non-hydrogen) atoms. The number of benzene rings is 1. The van der Waals surface area contributed by atoms with Crippen LogP contribution in [-0.2, 0) is 0 Å². The summed E-state index contributed by atoms with van der Waals surface area (Å²) in [6.07, 6.45) is 3.07. The standard InChI is InChI=1S/C10H5Cl2IN2O/c11-6-2-1-3-8(9(6)12)16-10-7(13)4-14-5-15-10/h1-5H. The van der Waals surface area contributed by atoms with Crippen LogP contribution in [0.25, 0.3) is 0 Å². The van der Waals surface area contributed by atoms with Crippen LogP contribution in [0, 0.1) is 3.57 Å². The normalized spacial score (nSPS) is 10.2. The van der Waals surface area contributed by atoms with Crippen molar-refractivity contribution >= 4 is 45.8 Å². The summed E-state index contributed by atoms with van der Waals surface area (Å²) in [6, 6.07) is 5.19. The maximum Gasteiger partial charge on any atom is 0.235 e. The van der Waals surface area contributed by atoms with Gasteiger partial charge in [0.25, 0.3) is 0 Å². The van der Waals surface area contributed by atoms with Gasteiger partial charge in [-0.15, -0.1) is 0 Å². The lowest BCUT2D eigenvalue weighted by Crippen LogP contribution is -1.92. The Morgan fingerprint density at radius 2 is 2.06 bits per heavy atom. The molecular formula is C10H5Cl2IN2O. The van der Waals surface area contributed by atoms with Crippen molar-refractivity contribution < 1.29 is 4.74 Å². The first-order valence-electron chi connectivity index (χ1n) is 4.26. The second kappa shape index (κ2) is 5.16. The van der Waals surface area contributed by atoms with Crippen LogP contribution in [0.1, 0.15) is 0 Å². The van der Waals surface area contributed by atoms with Crippen LogP contribution in [0.15, 0.2) is 30.7 Å². The summed E-state index contributed by atoms with van der Waals surface area (Å²) < 4.78 is 6.35. The molecule has 2 aromatic rings. The highest BCUT2D eigenvalue weighted by Crippen LogP contribution is 2.34. The molecule has 0 aliphatic carbocycles. The molecule has 0 radical (unpaired) electrons. The first-order chi connectivity index (χ1) is 7.68. The molecule has 82 valence electrons. The third-order valence-electron chi connectivity index (χ3n) is 1.76. The van der Waals surface area contributed by atoms with Crippen molar-refractivity contribution in [2.24, 2.45) is 0 Å². The first-order valence-corrected chi connectivity index (χ1v) is 6.09. The van der Waals surface area contributed by atoms with Gasteiger partial charge in [0.05, 0.1) is 8.59 Å². The Kier molecular flexibility index (Phi) is 3.83. The second-order valence-electron chi connectivity index (χ2n) is 2.83. The third-order valence-corrected chi connectivity index (χ3v) is 3.30. The zero-order chi connectivity index (χ0) is 11.5. The number of halogens is 3. The fourth-order valence-electron chi connectivity index (χ4n) is 1.04. The van der Waals surface area contributed by atoms with Gasteiger partial charge < -0.3 is 4.74 Å². The van der Waals surface area contributed by atoms with Crippen molar-refractivity contribution in [1.82, 2.24) is 9.97 Å². The number of hydrogen-bond donors (Lipinski definition) is 0. The number of ether oxygens (including phenoxy) is 1. The molecule has 0 spiro atoms. The molecule has 1 heterocycles. The molecule has 6 heteroatoms. The zero-order valence-electron chi connectivity index (χ0n) is 7.82. The molecule has 0 saturated heterocycles. The Morgan fingerprint density at radius 1 is 1.25 bits per heavy atom. The Bertz CT molecular complexity index is 522. The fraction of sp³-hybridized carbons (Fsp3) is 0. The van der Waals surface area contributed by atoms with Gasteiger partial charge in [0.1, 0.15) is 17.1 Å². The number of hydrogen-bond acceptors (Lipinski definition) is 3. The molecule has 0 N–H and O–H groups in total. The van der Waals surface area contributed by atoms with Gasteiger partial charge in [-0.1, -0.05) is 29.3 Å². The van der Waals surface area contributed by atoms with Crippen LogP contribution in [0.5, 0.6) is 11.6 Å². The van der Waals surface area contributed by atoms with Gasteiger partial charge in [-0.2, -0.15) is 0 Å². The van der Waals surface area contributed by atoms with Crippen molar-refractivity contribution in [2.45, 2.75) is 0 Å². The van der Waals surface area contributed by atoms with Crippen LogP contribution in [0.3, 0.4) is 0 Å². The molecule has 0 unspecified atom stereocenters. The lowest BCUT2D eigenvalue weighted by molar-refractivity contribution is 0.458. The Morgan fingerprint density at radius 3 is 2.81 bits per heavy atom. The summed E-state index contributed by atoms with van der Waals surface area (Å²) in [4.78, 5) is 7.87. The number of nitrogens with zero attached hydrogens (tertiary/aromatic N) is 2. The average molecular weight is 367 g/mol. The molecule has 0 atom stereocenters. The van der Waals surface area contributed by atoms with Crippen molar-refractivity contribution in [3.05, 3.63) is 44.3 Å². The van der Waals surface area contributed by atoms with Crippen LogP contribution >= 0.6 is 45.8 Å². The highest BCUT2D eigenvalue weighted by Gasteiger charge is 2.09. The molecule has 1 aromatic heterocycles. The Balaban J connectivity index is 2.35. The summed E-state index contributed by atoms with van der Waals surface area (Å²) in [7, 11) is 0. The molecule has 0 bridgehead atoms. The van der Waals surface area contributed by atoms with Crippen LogP contribution in [0.2, 0.25) is 10.0 Å². The monoisotopic (exact) mass is 366 g/mol. The van der Waals surface area contributed by atoms with Crippen molar-refractivity contribution in [1.29, 1.82) is 0 Å². The minimum atomic E-state index is 0.374. The molecule has 2 rings (SSSR count). The van der Waals surface area contributed by atoms with Crippen molar-refractivity contribution in [2.75, 3.05) is 0 Å². The number of rotatable bonds is 2. The topological polar surface area (TPSA) is 35.0 Å². The molecule has 3 nitrogen and oxygen atoms in total. The quantitative estimate of drug-likeness (QED) is 0.748. The predicted molar refractivity (Wildman–Crippen MR) is 71.3 cm³/mol. The SMILES string of the molecule is Clc1cccc(Oc2ncncc2I)c1Cl. The van der Waals surface area contributed by atoms with Gasteiger partial charge in [-0.05, 0) is 34.7 Å². The van der Waals surface area contributed by atoms with E-state index in [1.54, 1.807) is 24.4 Å². The van der Waals surface area contributed by atoms with E-state index in [9.17, 15) is 0 Å². The summed E-state index contributed by atoms with van der Waals surface area (Å²) >= 11 is 13.9. The molecule has 1 aromatic carbocycles. The zero-order valence-corrected chi connectivity index (χ0v) is 11.5. The summed E-state index contributed by atoms with van der Waals surface area (Å²) in [5.41, 5.74) is 0. The minimum absolute atomic E-state index is 0.374. The molecule has 0 saturated carbocycles. The van der Waals surface area contributed by atoms with E-state index in [-0.39, 0.29) is 0 Å². The maximum atomic E-state index is 5.99. The molecule has 0 aliphatic heterocycles. The molecule has 0 aliphatic rings. The smallest absolute Gasteiger partial charge is 0.235 e. The summed E-state index contributed by atoms with van der Waals surface area (Å²) in [5.74, 6) is 0.936. The average Bonchev–Trinajstić information content (AvgIpc) is 2.28.